The summed E-state index contributed by atoms with van der Waals surface area (Å²) in [6.45, 7) is 0. The van der Waals surface area contributed by atoms with Gasteiger partial charge < -0.3 is 20.1 Å². The van der Waals surface area contributed by atoms with Gasteiger partial charge in [-0.2, -0.15) is 0 Å². The Morgan fingerprint density at radius 1 is 1.05 bits per heavy atom. The predicted molar refractivity (Wildman–Crippen MR) is 66.9 cm³/mol. The van der Waals surface area contributed by atoms with Gasteiger partial charge >= 0.3 is 17.9 Å². The van der Waals surface area contributed by atoms with E-state index in [4.69, 9.17) is 38.5 Å². The maximum Gasteiger partial charge on any atom is 0.348 e. The molecule has 0 amide bonds. The molecule has 0 spiro atoms. The number of ether oxygens (including phenoxy) is 1. The van der Waals surface area contributed by atoms with Gasteiger partial charge in [-0.05, 0) is 12.1 Å². The van der Waals surface area contributed by atoms with E-state index >= 15 is 0 Å². The van der Waals surface area contributed by atoms with Crippen molar-refractivity contribution in [1.82, 2.24) is 0 Å². The summed E-state index contributed by atoms with van der Waals surface area (Å²) in [5.74, 6) is -4.93. The number of aliphatic hydroxyl groups excluding tert-OH is 1. The lowest BCUT2D eigenvalue weighted by atomic mass is 10.2. The Morgan fingerprint density at radius 2 is 1.55 bits per heavy atom. The van der Waals surface area contributed by atoms with Crippen molar-refractivity contribution in [3.05, 3.63) is 33.8 Å². The molecule has 9 heteroatoms. The predicted octanol–water partition coefficient (Wildman–Crippen LogP) is 1.05. The number of hydrogen-bond donors (Lipinski definition) is 3. The topological polar surface area (TPSA) is 121 Å². The summed E-state index contributed by atoms with van der Waals surface area (Å²) in [6, 6.07) is 4.07. The van der Waals surface area contributed by atoms with E-state index in [0.717, 1.165) is 0 Å². The summed E-state index contributed by atoms with van der Waals surface area (Å²) >= 11 is 11.4. The number of carbonyl (C=O) groups excluding carboxylic acids is 1. The number of benzene rings is 1. The summed E-state index contributed by atoms with van der Waals surface area (Å²) in [6.07, 6.45) is -4.70. The third-order valence-electron chi connectivity index (χ3n) is 2.18. The van der Waals surface area contributed by atoms with Crippen LogP contribution in [0.4, 0.5) is 0 Å². The van der Waals surface area contributed by atoms with Gasteiger partial charge in [-0.3, -0.25) is 0 Å². The number of carbonyl (C=O) groups is 3. The zero-order valence-corrected chi connectivity index (χ0v) is 11.1. The van der Waals surface area contributed by atoms with E-state index in [-0.39, 0.29) is 15.6 Å². The molecule has 0 aliphatic rings. The molecule has 3 N–H and O–H groups in total. The highest BCUT2D eigenvalue weighted by Crippen LogP contribution is 2.25. The molecule has 108 valence electrons. The van der Waals surface area contributed by atoms with E-state index < -0.39 is 30.1 Å². The highest BCUT2D eigenvalue weighted by atomic mass is 35.5. The first kappa shape index (κ1) is 16.2. The number of halogens is 2. The molecule has 0 aromatic heterocycles. The molecule has 0 aliphatic carbocycles. The van der Waals surface area contributed by atoms with E-state index in [9.17, 15) is 14.4 Å². The molecule has 7 nitrogen and oxygen atoms in total. The summed E-state index contributed by atoms with van der Waals surface area (Å²) in [7, 11) is 0. The number of carboxylic acid groups (broad SMARTS) is 2. The second-order valence-electron chi connectivity index (χ2n) is 3.54. The van der Waals surface area contributed by atoms with Gasteiger partial charge in [0.1, 0.15) is 0 Å². The van der Waals surface area contributed by atoms with Crippen LogP contribution in [0.2, 0.25) is 10.0 Å². The van der Waals surface area contributed by atoms with Crippen LogP contribution >= 0.6 is 23.2 Å². The van der Waals surface area contributed by atoms with E-state index in [1.807, 2.05) is 0 Å². The number of aliphatic carboxylic acids is 2. The molecule has 20 heavy (non-hydrogen) atoms. The van der Waals surface area contributed by atoms with Crippen LogP contribution in [0.3, 0.4) is 0 Å². The maximum absolute atomic E-state index is 11.8. The van der Waals surface area contributed by atoms with Gasteiger partial charge in [-0.15, -0.1) is 0 Å². The molecule has 0 radical (unpaired) electrons. The van der Waals surface area contributed by atoms with Gasteiger partial charge in [0.25, 0.3) is 0 Å². The van der Waals surface area contributed by atoms with Crippen molar-refractivity contribution in [2.75, 3.05) is 0 Å². The lowest BCUT2D eigenvalue weighted by Gasteiger charge is -2.17. The van der Waals surface area contributed by atoms with Crippen LogP contribution in [0.1, 0.15) is 10.4 Å². The molecule has 1 aromatic carbocycles. The number of aliphatic hydroxyl groups is 1. The molecule has 0 aliphatic heterocycles. The Hall–Kier alpha value is -1.83. The molecule has 0 saturated heterocycles. The van der Waals surface area contributed by atoms with Crippen LogP contribution in [0.5, 0.6) is 0 Å². The highest BCUT2D eigenvalue weighted by molar-refractivity contribution is 6.39. The van der Waals surface area contributed by atoms with E-state index in [1.54, 1.807) is 0 Å². The van der Waals surface area contributed by atoms with E-state index in [1.165, 1.54) is 18.2 Å². The largest absolute Gasteiger partial charge is 0.479 e. The SMILES string of the molecule is O=C(O[C@@H](C(=O)O)[C@@H](O)C(=O)O)c1c(Cl)cccc1Cl. The average Bonchev–Trinajstić information content (AvgIpc) is 2.34. The van der Waals surface area contributed by atoms with Gasteiger partial charge in [-0.1, -0.05) is 29.3 Å². The van der Waals surface area contributed by atoms with Crippen molar-refractivity contribution in [2.45, 2.75) is 12.2 Å². The van der Waals surface area contributed by atoms with Crippen molar-refractivity contribution >= 4 is 41.1 Å². The Bertz CT molecular complexity index is 537. The van der Waals surface area contributed by atoms with E-state index in [0.29, 0.717) is 0 Å². The van der Waals surface area contributed by atoms with Crippen LogP contribution in [0, 0.1) is 0 Å². The summed E-state index contributed by atoms with van der Waals surface area (Å²) < 4.78 is 4.44. The fourth-order valence-corrected chi connectivity index (χ4v) is 1.80. The molecule has 0 heterocycles. The minimum absolute atomic E-state index is 0.101. The molecular formula is C11H8Cl2O7. The van der Waals surface area contributed by atoms with Crippen molar-refractivity contribution in [2.24, 2.45) is 0 Å². The van der Waals surface area contributed by atoms with Crippen molar-refractivity contribution in [1.29, 1.82) is 0 Å². The molecule has 0 saturated carbocycles. The Kier molecular flexibility index (Phi) is 5.32. The van der Waals surface area contributed by atoms with Gasteiger partial charge in [0, 0.05) is 0 Å². The monoisotopic (exact) mass is 322 g/mol. The Morgan fingerprint density at radius 3 is 1.95 bits per heavy atom. The molecule has 1 rings (SSSR count). The average molecular weight is 323 g/mol. The molecule has 1 aromatic rings. The van der Waals surface area contributed by atoms with Crippen LogP contribution in [-0.2, 0) is 14.3 Å². The lowest BCUT2D eigenvalue weighted by molar-refractivity contribution is -0.166. The maximum atomic E-state index is 11.8. The Labute approximate surface area is 122 Å². The second-order valence-corrected chi connectivity index (χ2v) is 4.36. The third-order valence-corrected chi connectivity index (χ3v) is 2.81. The Balaban J connectivity index is 3.03. The fourth-order valence-electron chi connectivity index (χ4n) is 1.25. The standard InChI is InChI=1S/C11H8Cl2O7/c12-4-2-1-3-5(13)6(4)11(19)20-8(10(17)18)7(14)9(15)16/h1-3,7-8,14H,(H,15,16)(H,17,18)/t7-,8-/m1/s1. The zero-order valence-electron chi connectivity index (χ0n) is 9.62. The second kappa shape index (κ2) is 6.56. The van der Waals surface area contributed by atoms with Crippen molar-refractivity contribution in [3.8, 4) is 0 Å². The smallest absolute Gasteiger partial charge is 0.348 e. The highest BCUT2D eigenvalue weighted by Gasteiger charge is 2.36. The third kappa shape index (κ3) is 3.60. The molecule has 0 fully saturated rings. The van der Waals surface area contributed by atoms with Crippen LogP contribution < -0.4 is 0 Å². The number of rotatable bonds is 5. The quantitative estimate of drug-likeness (QED) is 0.692. The minimum Gasteiger partial charge on any atom is -0.479 e. The molecule has 0 unspecified atom stereocenters. The van der Waals surface area contributed by atoms with Crippen LogP contribution in [0.25, 0.3) is 0 Å². The first-order valence-corrected chi connectivity index (χ1v) is 5.80. The summed E-state index contributed by atoms with van der Waals surface area (Å²) in [5, 5.41) is 26.3. The van der Waals surface area contributed by atoms with Gasteiger partial charge in [-0.25, -0.2) is 14.4 Å². The first-order chi connectivity index (χ1) is 9.25. The van der Waals surface area contributed by atoms with Crippen molar-refractivity contribution in [3.63, 3.8) is 0 Å². The lowest BCUT2D eigenvalue weighted by Crippen LogP contribution is -2.43. The first-order valence-electron chi connectivity index (χ1n) is 5.04. The number of hydrogen-bond acceptors (Lipinski definition) is 5. The van der Waals surface area contributed by atoms with E-state index in [2.05, 4.69) is 4.74 Å². The molecular weight excluding hydrogens is 315 g/mol. The van der Waals surface area contributed by atoms with Crippen LogP contribution in [-0.4, -0.2) is 45.4 Å². The molecule has 2 atom stereocenters. The number of carboxylic acids is 2. The normalized spacial score (nSPS) is 13.3. The summed E-state index contributed by atoms with van der Waals surface area (Å²) in [4.78, 5) is 33.1. The van der Waals surface area contributed by atoms with Gasteiger partial charge in [0.05, 0.1) is 15.6 Å². The van der Waals surface area contributed by atoms with Gasteiger partial charge in [0.2, 0.25) is 6.10 Å². The van der Waals surface area contributed by atoms with Crippen LogP contribution in [0.15, 0.2) is 18.2 Å². The zero-order chi connectivity index (χ0) is 15.4. The molecule has 0 bridgehead atoms. The minimum atomic E-state index is -2.42. The van der Waals surface area contributed by atoms with Crippen molar-refractivity contribution < 1.29 is 34.4 Å². The number of esters is 1. The van der Waals surface area contributed by atoms with Gasteiger partial charge in [0.15, 0.2) is 6.10 Å². The summed E-state index contributed by atoms with van der Waals surface area (Å²) in [5.41, 5.74) is -0.320. The fraction of sp³-hybridized carbons (Fsp3) is 0.182.